The molecule has 1 saturated heterocycles. The molecule has 43 heavy (non-hydrogen) atoms. The molecule has 1 unspecified atom stereocenters. The van der Waals surface area contributed by atoms with E-state index >= 15 is 4.39 Å². The number of ether oxygens (including phenoxy) is 1. The first kappa shape index (κ1) is 30.8. The van der Waals surface area contributed by atoms with E-state index in [1.807, 2.05) is 6.07 Å². The second-order valence-electron chi connectivity index (χ2n) is 10.9. The maximum atomic E-state index is 15.0. The Kier molecular flexibility index (Phi) is 9.28. The van der Waals surface area contributed by atoms with Crippen LogP contribution < -0.4 is 15.4 Å². The number of aryl methyl sites for hydroxylation is 1. The summed E-state index contributed by atoms with van der Waals surface area (Å²) in [4.78, 5) is 17.2. The van der Waals surface area contributed by atoms with Crippen LogP contribution in [0.3, 0.4) is 0 Å². The Morgan fingerprint density at radius 2 is 1.86 bits per heavy atom. The summed E-state index contributed by atoms with van der Waals surface area (Å²) < 4.78 is 47.2. The minimum atomic E-state index is -2.51. The Bertz CT molecular complexity index is 1570. The van der Waals surface area contributed by atoms with E-state index in [1.165, 1.54) is 18.3 Å². The topological polar surface area (TPSA) is 123 Å². The van der Waals surface area contributed by atoms with Crippen LogP contribution >= 0.6 is 11.6 Å². The maximum Gasteiger partial charge on any atom is 0.272 e. The Morgan fingerprint density at radius 1 is 1.12 bits per heavy atom. The molecule has 1 atom stereocenters. The zero-order valence-corrected chi connectivity index (χ0v) is 25.0. The molecule has 2 aliphatic heterocycles. The Hall–Kier alpha value is -3.62. The van der Waals surface area contributed by atoms with Crippen LogP contribution in [0.25, 0.3) is 22.3 Å². The fourth-order valence-electron chi connectivity index (χ4n) is 5.25. The summed E-state index contributed by atoms with van der Waals surface area (Å²) in [6.07, 6.45) is -0.121. The predicted molar refractivity (Wildman–Crippen MR) is 158 cm³/mol. The van der Waals surface area contributed by atoms with Crippen molar-refractivity contribution in [1.29, 1.82) is 0 Å². The van der Waals surface area contributed by atoms with Gasteiger partial charge in [0.05, 0.1) is 34.2 Å². The molecule has 1 aromatic carbocycles. The zero-order chi connectivity index (χ0) is 30.8. The number of hydrogen-bond donors (Lipinski definition) is 2. The van der Waals surface area contributed by atoms with Crippen LogP contribution in [0.15, 0.2) is 24.4 Å². The highest BCUT2D eigenvalue weighted by Gasteiger charge is 2.25. The van der Waals surface area contributed by atoms with Crippen molar-refractivity contribution in [2.75, 3.05) is 50.5 Å². The average Bonchev–Trinajstić information content (AvgIpc) is 3.57. The van der Waals surface area contributed by atoms with Crippen molar-refractivity contribution in [1.82, 2.24) is 34.2 Å². The highest BCUT2D eigenvalue weighted by molar-refractivity contribution is 6.33. The van der Waals surface area contributed by atoms with Gasteiger partial charge in [-0.25, -0.2) is 28.1 Å². The fourth-order valence-corrected chi connectivity index (χ4v) is 5.45. The molecule has 3 N–H and O–H groups in total. The van der Waals surface area contributed by atoms with Gasteiger partial charge in [0.2, 0.25) is 17.8 Å². The number of nitrogens with two attached hydrogens (primary N) is 1. The summed E-state index contributed by atoms with van der Waals surface area (Å²) in [6.45, 7) is 7.79. The first-order chi connectivity index (χ1) is 20.5. The summed E-state index contributed by atoms with van der Waals surface area (Å²) in [5.41, 5.74) is 8.38. The van der Waals surface area contributed by atoms with E-state index in [-0.39, 0.29) is 17.9 Å². The number of aliphatic hydroxyl groups is 1. The first-order valence-electron chi connectivity index (χ1n) is 14.1. The Labute approximate surface area is 252 Å². The van der Waals surface area contributed by atoms with Gasteiger partial charge >= 0.3 is 0 Å². The van der Waals surface area contributed by atoms with E-state index in [9.17, 15) is 13.9 Å². The standard InChI is InChI=1S/C19H23ClFN7.C9H12F2N2O2/c1-11(2)28-15-9-12(16-13(20)10-23-18(22)24-16)8-14(21)17(15)25-19(28)27-6-4-26(3)5-7-27;10-8(11)5-15-9-4-6-7(14)2-1-3-13(6)12-9/h8-11H,4-7H2,1-3H3,(H2,22,23,24);4,7-8,14H,1-3,5H2. The Morgan fingerprint density at radius 3 is 2.53 bits per heavy atom. The molecule has 5 heterocycles. The van der Waals surface area contributed by atoms with Gasteiger partial charge in [-0.05, 0) is 45.9 Å². The second-order valence-corrected chi connectivity index (χ2v) is 11.3. The van der Waals surface area contributed by atoms with Crippen molar-refractivity contribution in [3.63, 3.8) is 0 Å². The number of halogens is 4. The third kappa shape index (κ3) is 6.81. The van der Waals surface area contributed by atoms with E-state index in [2.05, 4.69) is 55.3 Å². The lowest BCUT2D eigenvalue weighted by Crippen LogP contribution is -2.45. The minimum absolute atomic E-state index is 0.0930. The predicted octanol–water partition coefficient (Wildman–Crippen LogP) is 4.55. The average molecular weight is 622 g/mol. The molecule has 4 aromatic rings. The van der Waals surface area contributed by atoms with Crippen LogP contribution in [0.2, 0.25) is 5.02 Å². The molecular formula is C28H35ClF3N9O2. The van der Waals surface area contributed by atoms with Gasteiger partial charge in [0, 0.05) is 50.4 Å². The third-order valence-electron chi connectivity index (χ3n) is 7.40. The second kappa shape index (κ2) is 12.9. The van der Waals surface area contributed by atoms with Gasteiger partial charge < -0.3 is 29.9 Å². The molecule has 6 rings (SSSR count). The number of fused-ring (bicyclic) bond motifs is 2. The van der Waals surface area contributed by atoms with E-state index in [4.69, 9.17) is 22.1 Å². The molecule has 2 aliphatic rings. The molecule has 1 fully saturated rings. The van der Waals surface area contributed by atoms with Crippen LogP contribution in [-0.2, 0) is 6.54 Å². The number of nitrogens with zero attached hydrogens (tertiary/aromatic N) is 8. The van der Waals surface area contributed by atoms with Crippen LogP contribution in [0.5, 0.6) is 5.88 Å². The molecule has 11 nitrogen and oxygen atoms in total. The number of anilines is 2. The van der Waals surface area contributed by atoms with E-state index in [0.717, 1.165) is 38.5 Å². The number of aromatic nitrogens is 6. The number of nitrogen functional groups attached to an aromatic ring is 1. The van der Waals surface area contributed by atoms with Crippen molar-refractivity contribution in [2.24, 2.45) is 0 Å². The summed E-state index contributed by atoms with van der Waals surface area (Å²) in [6, 6.07) is 4.91. The highest BCUT2D eigenvalue weighted by Crippen LogP contribution is 2.34. The van der Waals surface area contributed by atoms with Gasteiger partial charge in [0.1, 0.15) is 5.52 Å². The maximum absolute atomic E-state index is 15.0. The molecule has 0 aliphatic carbocycles. The minimum Gasteiger partial charge on any atom is -0.471 e. The molecule has 0 amide bonds. The smallest absolute Gasteiger partial charge is 0.272 e. The molecule has 0 bridgehead atoms. The SMILES string of the molecule is CC(C)n1c(N2CCN(C)CC2)nc2c(F)cc(-c3nc(N)ncc3Cl)cc21.OC1CCCn2nc(OCC(F)F)cc21. The molecule has 232 valence electrons. The van der Waals surface area contributed by atoms with Crippen molar-refractivity contribution >= 4 is 34.5 Å². The molecular weight excluding hydrogens is 587 g/mol. The van der Waals surface area contributed by atoms with Gasteiger partial charge in [-0.15, -0.1) is 5.10 Å². The number of imidazole rings is 1. The summed E-state index contributed by atoms with van der Waals surface area (Å²) in [5.74, 6) is 0.639. The lowest BCUT2D eigenvalue weighted by atomic mass is 10.1. The normalized spacial score (nSPS) is 17.3. The summed E-state index contributed by atoms with van der Waals surface area (Å²) in [7, 11) is 2.10. The number of alkyl halides is 2. The molecule has 0 saturated carbocycles. The van der Waals surface area contributed by atoms with Crippen molar-refractivity contribution in [3.8, 4) is 17.1 Å². The Balaban J connectivity index is 0.000000207. The van der Waals surface area contributed by atoms with Gasteiger partial charge in [-0.2, -0.15) is 0 Å². The molecule has 3 aromatic heterocycles. The van der Waals surface area contributed by atoms with Crippen molar-refractivity contribution in [3.05, 3.63) is 40.9 Å². The van der Waals surface area contributed by atoms with Crippen LogP contribution in [0, 0.1) is 5.82 Å². The highest BCUT2D eigenvalue weighted by atomic mass is 35.5. The third-order valence-corrected chi connectivity index (χ3v) is 7.68. The number of piperazine rings is 1. The van der Waals surface area contributed by atoms with Gasteiger partial charge in [-0.3, -0.25) is 4.68 Å². The van der Waals surface area contributed by atoms with E-state index in [0.29, 0.717) is 46.0 Å². The molecule has 15 heteroatoms. The number of aliphatic hydroxyl groups excluding tert-OH is 1. The fraction of sp³-hybridized carbons (Fsp3) is 0.500. The number of hydrogen-bond acceptors (Lipinski definition) is 9. The lowest BCUT2D eigenvalue weighted by Gasteiger charge is -2.34. The van der Waals surface area contributed by atoms with Gasteiger partial charge in [-0.1, -0.05) is 11.6 Å². The van der Waals surface area contributed by atoms with E-state index in [1.54, 1.807) is 4.68 Å². The lowest BCUT2D eigenvalue weighted by molar-refractivity contribution is 0.0791. The van der Waals surface area contributed by atoms with Gasteiger partial charge in [0.25, 0.3) is 6.43 Å². The largest absolute Gasteiger partial charge is 0.471 e. The number of benzene rings is 1. The summed E-state index contributed by atoms with van der Waals surface area (Å²) >= 11 is 6.24. The van der Waals surface area contributed by atoms with Crippen LogP contribution in [-0.4, -0.2) is 85.6 Å². The summed E-state index contributed by atoms with van der Waals surface area (Å²) in [5, 5.41) is 13.9. The van der Waals surface area contributed by atoms with Gasteiger partial charge in [0.15, 0.2) is 12.4 Å². The number of rotatable bonds is 6. The monoisotopic (exact) mass is 621 g/mol. The molecule has 0 radical (unpaired) electrons. The quantitative estimate of drug-likeness (QED) is 0.319. The van der Waals surface area contributed by atoms with Crippen LogP contribution in [0.1, 0.15) is 44.5 Å². The molecule has 0 spiro atoms. The van der Waals surface area contributed by atoms with Crippen molar-refractivity contribution in [2.45, 2.75) is 51.8 Å². The first-order valence-corrected chi connectivity index (χ1v) is 14.5. The zero-order valence-electron chi connectivity index (χ0n) is 24.2. The van der Waals surface area contributed by atoms with Crippen molar-refractivity contribution < 1.29 is 23.0 Å². The van der Waals surface area contributed by atoms with Crippen LogP contribution in [0.4, 0.5) is 25.1 Å². The number of likely N-dealkylation sites (N-methyl/N-ethyl adjacent to an activating group) is 1. The van der Waals surface area contributed by atoms with E-state index < -0.39 is 25.0 Å².